The zero-order chi connectivity index (χ0) is 26.0. The van der Waals surface area contributed by atoms with Crippen LogP contribution in [-0.4, -0.2) is 42.4 Å². The molecule has 0 spiro atoms. The number of carbonyl (C=O) groups excluding carboxylic acids is 1. The lowest BCUT2D eigenvalue weighted by atomic mass is 9.84. The van der Waals surface area contributed by atoms with Gasteiger partial charge in [0.15, 0.2) is 15.5 Å². The average Bonchev–Trinajstić information content (AvgIpc) is 2.93. The Hall–Kier alpha value is -4.06. The second kappa shape index (κ2) is 9.77. The van der Waals surface area contributed by atoms with Crippen LogP contribution in [0.25, 0.3) is 15.7 Å². The molecule has 1 amide bonds. The number of benzene rings is 3. The molecule has 1 aliphatic rings. The van der Waals surface area contributed by atoms with Crippen molar-refractivity contribution >= 4 is 32.3 Å². The van der Waals surface area contributed by atoms with E-state index in [1.54, 1.807) is 77.8 Å². The standard InChI is InChI=1S/C29H25N3O4S/c1-30-25-13-11-24(12-14-25)29(34)15-18-32(19-16-29)28(33)23-9-7-21(8-10-23)20-37(35,36)26-6-2-4-22-5-3-17-31-27(22)26/h2-14,17,34H,15-16,18-20H2. The van der Waals surface area contributed by atoms with Gasteiger partial charge in [-0.3, -0.25) is 9.78 Å². The third kappa shape index (κ3) is 4.96. The van der Waals surface area contributed by atoms with Gasteiger partial charge in [-0.05, 0) is 48.2 Å². The average molecular weight is 512 g/mol. The maximum absolute atomic E-state index is 13.1. The van der Waals surface area contributed by atoms with Gasteiger partial charge < -0.3 is 10.0 Å². The number of hydrogen-bond donors (Lipinski definition) is 1. The van der Waals surface area contributed by atoms with Gasteiger partial charge in [0.05, 0.1) is 28.3 Å². The molecule has 0 radical (unpaired) electrons. The summed E-state index contributed by atoms with van der Waals surface area (Å²) in [5, 5.41) is 11.9. The lowest BCUT2D eigenvalue weighted by Gasteiger charge is -2.38. The predicted octanol–water partition coefficient (Wildman–Crippen LogP) is 4.88. The van der Waals surface area contributed by atoms with Crippen LogP contribution in [0.4, 0.5) is 5.69 Å². The number of sulfone groups is 1. The van der Waals surface area contributed by atoms with Crippen LogP contribution in [0.5, 0.6) is 0 Å². The Balaban J connectivity index is 1.26. The highest BCUT2D eigenvalue weighted by Gasteiger charge is 2.35. The summed E-state index contributed by atoms with van der Waals surface area (Å²) in [6.45, 7) is 7.86. The second-order valence-electron chi connectivity index (χ2n) is 9.27. The van der Waals surface area contributed by atoms with Crippen LogP contribution in [0.3, 0.4) is 0 Å². The molecular weight excluding hydrogens is 486 g/mol. The normalized spacial score (nSPS) is 15.3. The van der Waals surface area contributed by atoms with Gasteiger partial charge in [-0.25, -0.2) is 13.3 Å². The van der Waals surface area contributed by atoms with E-state index < -0.39 is 15.4 Å². The number of aromatic nitrogens is 1. The monoisotopic (exact) mass is 511 g/mol. The quantitative estimate of drug-likeness (QED) is 0.386. The van der Waals surface area contributed by atoms with Crippen LogP contribution in [-0.2, 0) is 21.2 Å². The molecule has 0 atom stereocenters. The van der Waals surface area contributed by atoms with Crippen molar-refractivity contribution in [3.05, 3.63) is 113 Å². The SMILES string of the molecule is [C-]#[N+]c1ccc(C2(O)CCN(C(=O)c3ccc(CS(=O)(=O)c4cccc5cccnc45)cc3)CC2)cc1. The first-order valence-electron chi connectivity index (χ1n) is 11.9. The van der Waals surface area contributed by atoms with E-state index in [1.807, 2.05) is 12.1 Å². The Labute approximate surface area is 215 Å². The molecule has 8 heteroatoms. The maximum Gasteiger partial charge on any atom is 0.253 e. The smallest absolute Gasteiger partial charge is 0.253 e. The molecule has 5 rings (SSSR count). The number of pyridine rings is 1. The zero-order valence-corrected chi connectivity index (χ0v) is 20.9. The van der Waals surface area contributed by atoms with Crippen molar-refractivity contribution in [1.82, 2.24) is 9.88 Å². The van der Waals surface area contributed by atoms with E-state index in [-0.39, 0.29) is 16.6 Å². The van der Waals surface area contributed by atoms with Crippen LogP contribution >= 0.6 is 0 Å². The van der Waals surface area contributed by atoms with Crippen molar-refractivity contribution in [3.63, 3.8) is 0 Å². The van der Waals surface area contributed by atoms with Crippen LogP contribution in [0.1, 0.15) is 34.3 Å². The van der Waals surface area contributed by atoms with E-state index in [9.17, 15) is 18.3 Å². The molecule has 2 heterocycles. The summed E-state index contributed by atoms with van der Waals surface area (Å²) in [5.74, 6) is -0.349. The summed E-state index contributed by atoms with van der Waals surface area (Å²) >= 11 is 0. The Morgan fingerprint density at radius 3 is 2.32 bits per heavy atom. The lowest BCUT2D eigenvalue weighted by molar-refractivity contribution is -0.0211. The fraction of sp³-hybridized carbons (Fsp3) is 0.207. The zero-order valence-electron chi connectivity index (χ0n) is 20.0. The van der Waals surface area contributed by atoms with Crippen molar-refractivity contribution in [1.29, 1.82) is 0 Å². The number of hydrogen-bond acceptors (Lipinski definition) is 5. The number of para-hydroxylation sites is 1. The number of rotatable bonds is 5. The number of amides is 1. The Bertz CT molecular complexity index is 1590. The van der Waals surface area contributed by atoms with Gasteiger partial charge in [0.25, 0.3) is 5.91 Å². The summed E-state index contributed by atoms with van der Waals surface area (Å²) in [7, 11) is -3.64. The first-order valence-corrected chi connectivity index (χ1v) is 13.6. The molecule has 0 unspecified atom stereocenters. The number of nitrogens with zero attached hydrogens (tertiary/aromatic N) is 3. The number of piperidine rings is 1. The molecule has 0 bridgehead atoms. The van der Waals surface area contributed by atoms with Gasteiger partial charge >= 0.3 is 0 Å². The van der Waals surface area contributed by atoms with Crippen molar-refractivity contribution in [2.45, 2.75) is 29.1 Å². The maximum atomic E-state index is 13.1. The summed E-state index contributed by atoms with van der Waals surface area (Å²) in [4.78, 5) is 22.6. The topological polar surface area (TPSA) is 91.9 Å². The fourth-order valence-corrected chi connectivity index (χ4v) is 6.30. The molecule has 0 saturated carbocycles. The van der Waals surface area contributed by atoms with Crippen LogP contribution in [0.15, 0.2) is 90.0 Å². The number of fused-ring (bicyclic) bond motifs is 1. The largest absolute Gasteiger partial charge is 0.385 e. The van der Waals surface area contributed by atoms with E-state index in [4.69, 9.17) is 6.57 Å². The number of aliphatic hydroxyl groups is 1. The molecular formula is C29H25N3O4S. The van der Waals surface area contributed by atoms with Crippen molar-refractivity contribution < 1.29 is 18.3 Å². The fourth-order valence-electron chi connectivity index (χ4n) is 4.77. The molecule has 1 N–H and O–H groups in total. The minimum Gasteiger partial charge on any atom is -0.385 e. The third-order valence-corrected chi connectivity index (χ3v) is 8.61. The highest BCUT2D eigenvalue weighted by atomic mass is 32.2. The third-order valence-electron chi connectivity index (χ3n) is 6.90. The minimum atomic E-state index is -3.64. The summed E-state index contributed by atoms with van der Waals surface area (Å²) in [5.41, 5.74) is 1.74. The summed E-state index contributed by atoms with van der Waals surface area (Å²) in [6.07, 6.45) is 2.37. The van der Waals surface area contributed by atoms with E-state index in [1.165, 1.54) is 0 Å². The van der Waals surface area contributed by atoms with Gasteiger partial charge in [-0.2, -0.15) is 0 Å². The molecule has 3 aromatic carbocycles. The van der Waals surface area contributed by atoms with E-state index in [0.29, 0.717) is 48.3 Å². The molecule has 37 heavy (non-hydrogen) atoms. The van der Waals surface area contributed by atoms with Gasteiger partial charge in [0.2, 0.25) is 0 Å². The van der Waals surface area contributed by atoms with Crippen molar-refractivity contribution in [2.75, 3.05) is 13.1 Å². The van der Waals surface area contributed by atoms with E-state index in [0.717, 1.165) is 10.9 Å². The van der Waals surface area contributed by atoms with Crippen LogP contribution in [0, 0.1) is 6.57 Å². The molecule has 186 valence electrons. The van der Waals surface area contributed by atoms with Crippen LogP contribution < -0.4 is 0 Å². The van der Waals surface area contributed by atoms with Gasteiger partial charge in [-0.15, -0.1) is 0 Å². The van der Waals surface area contributed by atoms with Crippen molar-refractivity contribution in [3.8, 4) is 0 Å². The molecule has 1 aromatic heterocycles. The predicted molar refractivity (Wildman–Crippen MR) is 141 cm³/mol. The Morgan fingerprint density at radius 1 is 0.973 bits per heavy atom. The van der Waals surface area contributed by atoms with Gasteiger partial charge in [-0.1, -0.05) is 54.6 Å². The number of likely N-dealkylation sites (tertiary alicyclic amines) is 1. The van der Waals surface area contributed by atoms with E-state index in [2.05, 4.69) is 9.83 Å². The minimum absolute atomic E-state index is 0.155. The molecule has 4 aromatic rings. The highest BCUT2D eigenvalue weighted by molar-refractivity contribution is 7.90. The number of carbonyl (C=O) groups is 1. The molecule has 1 saturated heterocycles. The van der Waals surface area contributed by atoms with E-state index >= 15 is 0 Å². The molecule has 1 aliphatic heterocycles. The summed E-state index contributed by atoms with van der Waals surface area (Å²) < 4.78 is 26.3. The Morgan fingerprint density at radius 2 is 1.65 bits per heavy atom. The van der Waals surface area contributed by atoms with Gasteiger partial charge in [0.1, 0.15) is 0 Å². The molecule has 7 nitrogen and oxygen atoms in total. The molecule has 0 aliphatic carbocycles. The first-order chi connectivity index (χ1) is 17.8. The van der Waals surface area contributed by atoms with Crippen molar-refractivity contribution in [2.24, 2.45) is 0 Å². The summed E-state index contributed by atoms with van der Waals surface area (Å²) in [6, 6.07) is 22.3. The Kier molecular flexibility index (Phi) is 6.50. The van der Waals surface area contributed by atoms with Gasteiger partial charge in [0, 0.05) is 30.2 Å². The second-order valence-corrected chi connectivity index (χ2v) is 11.2. The highest BCUT2D eigenvalue weighted by Crippen LogP contribution is 2.34. The first kappa shape index (κ1) is 24.6. The van der Waals surface area contributed by atoms with Crippen LogP contribution in [0.2, 0.25) is 0 Å². The lowest BCUT2D eigenvalue weighted by Crippen LogP contribution is -2.45. The molecule has 1 fully saturated rings.